The number of benzene rings is 1. The first-order valence-electron chi connectivity index (χ1n) is 9.17. The van der Waals surface area contributed by atoms with Gasteiger partial charge < -0.3 is 5.32 Å². The third-order valence-corrected chi connectivity index (χ3v) is 5.09. The number of likely N-dealkylation sites (N-methyl/N-ethyl adjacent to an activating group) is 2. The summed E-state index contributed by atoms with van der Waals surface area (Å²) in [4.78, 5) is 32.5. The van der Waals surface area contributed by atoms with Crippen molar-refractivity contribution in [3.63, 3.8) is 0 Å². The van der Waals surface area contributed by atoms with E-state index in [4.69, 9.17) is 0 Å². The van der Waals surface area contributed by atoms with Crippen molar-refractivity contribution in [2.45, 2.75) is 41.2 Å². The summed E-state index contributed by atoms with van der Waals surface area (Å²) >= 11 is 1.44. The van der Waals surface area contributed by atoms with E-state index >= 15 is 0 Å². The molecular formula is C20H28N4O2S. The molecule has 1 heterocycles. The Hall–Kier alpha value is -2.25. The zero-order chi connectivity index (χ0) is 20.0. The van der Waals surface area contributed by atoms with Gasteiger partial charge in [-0.05, 0) is 38.9 Å². The number of aromatic nitrogens is 1. The van der Waals surface area contributed by atoms with Gasteiger partial charge in [0.1, 0.15) is 0 Å². The third-order valence-electron chi connectivity index (χ3n) is 4.21. The van der Waals surface area contributed by atoms with E-state index in [2.05, 4.69) is 16.4 Å². The molecule has 0 fully saturated rings. The molecule has 0 spiro atoms. The molecule has 0 saturated carbocycles. The van der Waals surface area contributed by atoms with Crippen LogP contribution in [0.15, 0.2) is 23.6 Å². The predicted octanol–water partition coefficient (Wildman–Crippen LogP) is 3.40. The first kappa shape index (κ1) is 21.1. The van der Waals surface area contributed by atoms with Gasteiger partial charge in [0.25, 0.3) is 0 Å². The van der Waals surface area contributed by atoms with Crippen molar-refractivity contribution in [1.82, 2.24) is 15.2 Å². The van der Waals surface area contributed by atoms with Gasteiger partial charge in [0.05, 0.1) is 17.9 Å². The first-order chi connectivity index (χ1) is 12.8. The van der Waals surface area contributed by atoms with Crippen LogP contribution in [0.25, 0.3) is 0 Å². The highest BCUT2D eigenvalue weighted by Crippen LogP contribution is 2.31. The number of aryl methyl sites for hydroxylation is 2. The second-order valence-corrected chi connectivity index (χ2v) is 7.36. The van der Waals surface area contributed by atoms with Crippen LogP contribution in [0.5, 0.6) is 0 Å². The third kappa shape index (κ3) is 5.61. The molecule has 1 aromatic heterocycles. The lowest BCUT2D eigenvalue weighted by Crippen LogP contribution is -2.36. The van der Waals surface area contributed by atoms with Crippen molar-refractivity contribution in [1.29, 1.82) is 0 Å². The first-order valence-corrected chi connectivity index (χ1v) is 10.0. The van der Waals surface area contributed by atoms with E-state index in [1.165, 1.54) is 11.3 Å². The Morgan fingerprint density at radius 1 is 1.22 bits per heavy atom. The van der Waals surface area contributed by atoms with Crippen molar-refractivity contribution in [2.75, 3.05) is 24.5 Å². The number of nitrogens with zero attached hydrogens (tertiary/aromatic N) is 3. The second-order valence-electron chi connectivity index (χ2n) is 6.52. The fourth-order valence-corrected chi connectivity index (χ4v) is 3.77. The van der Waals surface area contributed by atoms with Crippen LogP contribution >= 0.6 is 11.3 Å². The highest BCUT2D eigenvalue weighted by Gasteiger charge is 2.20. The number of anilines is 2. The second kappa shape index (κ2) is 9.62. The van der Waals surface area contributed by atoms with E-state index in [9.17, 15) is 9.59 Å². The molecule has 0 aliphatic rings. The maximum atomic E-state index is 12.3. The Bertz CT molecular complexity index is 803. The Kier molecular flexibility index (Phi) is 7.50. The van der Waals surface area contributed by atoms with Gasteiger partial charge >= 0.3 is 0 Å². The van der Waals surface area contributed by atoms with Crippen LogP contribution in [0, 0.1) is 13.8 Å². The number of nitrogens with one attached hydrogen (secondary N) is 1. The van der Waals surface area contributed by atoms with Gasteiger partial charge in [0, 0.05) is 25.4 Å². The Balaban J connectivity index is 2.20. The number of carbonyl (C=O) groups is 2. The Morgan fingerprint density at radius 3 is 2.56 bits per heavy atom. The van der Waals surface area contributed by atoms with Gasteiger partial charge in [-0.3, -0.25) is 19.4 Å². The molecule has 2 amide bonds. The highest BCUT2D eigenvalue weighted by molar-refractivity contribution is 7.14. The average molecular weight is 389 g/mol. The number of rotatable bonds is 8. The molecule has 0 saturated heterocycles. The lowest BCUT2D eigenvalue weighted by atomic mass is 10.1. The Labute approximate surface area is 165 Å². The Morgan fingerprint density at radius 2 is 1.96 bits per heavy atom. The molecule has 27 heavy (non-hydrogen) atoms. The van der Waals surface area contributed by atoms with Crippen molar-refractivity contribution < 1.29 is 9.59 Å². The summed E-state index contributed by atoms with van der Waals surface area (Å²) in [6.45, 7) is 11.8. The predicted molar refractivity (Wildman–Crippen MR) is 110 cm³/mol. The molecule has 146 valence electrons. The molecular weight excluding hydrogens is 360 g/mol. The SMILES string of the molecule is CCNC(=O)CN(CC)Cc1csc(N(C(C)=O)c2ccc(C)cc2C)n1. The number of hydrogen-bond acceptors (Lipinski definition) is 5. The summed E-state index contributed by atoms with van der Waals surface area (Å²) in [5.41, 5.74) is 3.90. The van der Waals surface area contributed by atoms with Crippen LogP contribution in [0.3, 0.4) is 0 Å². The summed E-state index contributed by atoms with van der Waals surface area (Å²) < 4.78 is 0. The molecule has 0 aliphatic carbocycles. The van der Waals surface area contributed by atoms with E-state index < -0.39 is 0 Å². The fraction of sp³-hybridized carbons (Fsp3) is 0.450. The minimum atomic E-state index is -0.0717. The number of amides is 2. The number of hydrogen-bond donors (Lipinski definition) is 1. The van der Waals surface area contributed by atoms with E-state index in [-0.39, 0.29) is 11.8 Å². The van der Waals surface area contributed by atoms with Crippen LogP contribution in [-0.2, 0) is 16.1 Å². The normalized spacial score (nSPS) is 10.9. The molecule has 0 unspecified atom stereocenters. The van der Waals surface area contributed by atoms with Gasteiger partial charge in [-0.15, -0.1) is 11.3 Å². The lowest BCUT2D eigenvalue weighted by molar-refractivity contribution is -0.122. The van der Waals surface area contributed by atoms with Gasteiger partial charge in [-0.2, -0.15) is 0 Å². The van der Waals surface area contributed by atoms with Crippen LogP contribution in [-0.4, -0.2) is 41.3 Å². The quantitative estimate of drug-likeness (QED) is 0.753. The molecule has 1 N–H and O–H groups in total. The van der Waals surface area contributed by atoms with Crippen molar-refractivity contribution in [3.05, 3.63) is 40.4 Å². The summed E-state index contributed by atoms with van der Waals surface area (Å²) in [6.07, 6.45) is 0. The lowest BCUT2D eigenvalue weighted by Gasteiger charge is -2.21. The van der Waals surface area contributed by atoms with Gasteiger partial charge in [-0.25, -0.2) is 4.98 Å². The van der Waals surface area contributed by atoms with E-state index in [1.807, 2.05) is 50.1 Å². The van der Waals surface area contributed by atoms with Gasteiger partial charge in [0.15, 0.2) is 5.13 Å². The largest absolute Gasteiger partial charge is 0.355 e. The van der Waals surface area contributed by atoms with Crippen molar-refractivity contribution >= 4 is 34.0 Å². The van der Waals surface area contributed by atoms with Crippen LogP contribution in [0.1, 0.15) is 37.6 Å². The summed E-state index contributed by atoms with van der Waals surface area (Å²) in [6, 6.07) is 6.02. The minimum Gasteiger partial charge on any atom is -0.355 e. The molecule has 0 aliphatic heterocycles. The molecule has 6 nitrogen and oxygen atoms in total. The van der Waals surface area contributed by atoms with E-state index in [0.29, 0.717) is 24.8 Å². The van der Waals surface area contributed by atoms with Gasteiger partial charge in [0.2, 0.25) is 11.8 Å². The summed E-state index contributed by atoms with van der Waals surface area (Å²) in [5.74, 6) is -0.0621. The fourth-order valence-electron chi connectivity index (χ4n) is 2.90. The molecule has 2 rings (SSSR count). The molecule has 1 aromatic carbocycles. The summed E-state index contributed by atoms with van der Waals surface area (Å²) in [7, 11) is 0. The van der Waals surface area contributed by atoms with E-state index in [1.54, 1.807) is 11.8 Å². The van der Waals surface area contributed by atoms with Gasteiger partial charge in [-0.1, -0.05) is 24.6 Å². The van der Waals surface area contributed by atoms with Crippen LogP contribution in [0.2, 0.25) is 0 Å². The molecule has 0 radical (unpaired) electrons. The highest BCUT2D eigenvalue weighted by atomic mass is 32.1. The van der Waals surface area contributed by atoms with Crippen molar-refractivity contribution in [3.8, 4) is 0 Å². The topological polar surface area (TPSA) is 65.5 Å². The monoisotopic (exact) mass is 388 g/mol. The molecule has 0 atom stereocenters. The maximum Gasteiger partial charge on any atom is 0.234 e. The average Bonchev–Trinajstić information content (AvgIpc) is 3.04. The van der Waals surface area contributed by atoms with Crippen LogP contribution < -0.4 is 10.2 Å². The zero-order valence-electron chi connectivity index (χ0n) is 16.7. The molecule has 2 aromatic rings. The van der Waals surface area contributed by atoms with Crippen molar-refractivity contribution in [2.24, 2.45) is 0 Å². The minimum absolute atomic E-state index is 0.00967. The standard InChI is InChI=1S/C20H28N4O2S/c1-6-21-19(26)12-23(7-2)11-17-13-27-20(22-17)24(16(5)25)18-9-8-14(3)10-15(18)4/h8-10,13H,6-7,11-12H2,1-5H3,(H,21,26). The zero-order valence-corrected chi connectivity index (χ0v) is 17.5. The summed E-state index contributed by atoms with van der Waals surface area (Å²) in [5, 5.41) is 5.42. The number of carbonyl (C=O) groups excluding carboxylic acids is 2. The number of thiazole rings is 1. The van der Waals surface area contributed by atoms with E-state index in [0.717, 1.165) is 29.1 Å². The molecule has 0 bridgehead atoms. The van der Waals surface area contributed by atoms with Crippen LogP contribution in [0.4, 0.5) is 10.8 Å². The smallest absolute Gasteiger partial charge is 0.234 e. The molecule has 7 heteroatoms. The maximum absolute atomic E-state index is 12.3.